The van der Waals surface area contributed by atoms with E-state index in [2.05, 4.69) is 0 Å². The minimum absolute atomic E-state index is 0.0337. The van der Waals surface area contributed by atoms with E-state index in [4.69, 9.17) is 21.4 Å². The smallest absolute Gasteiger partial charge is 0.303 e. The van der Waals surface area contributed by atoms with Crippen molar-refractivity contribution in [2.24, 2.45) is 0 Å². The summed E-state index contributed by atoms with van der Waals surface area (Å²) in [7, 11) is -4.18. The summed E-state index contributed by atoms with van der Waals surface area (Å²) in [6.45, 7) is 1.99. The Balaban J connectivity index is 2.01. The Kier molecular flexibility index (Phi) is 6.44. The van der Waals surface area contributed by atoms with E-state index in [0.717, 1.165) is 0 Å². The first-order valence-corrected chi connectivity index (χ1v) is 12.2. The zero-order valence-electron chi connectivity index (χ0n) is 17.9. The third-order valence-electron chi connectivity index (χ3n) is 5.32. The van der Waals surface area contributed by atoms with Crippen molar-refractivity contribution in [2.75, 3.05) is 6.61 Å². The van der Waals surface area contributed by atoms with Gasteiger partial charge in [0.15, 0.2) is 5.75 Å². The topological polar surface area (TPSA) is 85.6 Å². The molecule has 3 aromatic carbocycles. The van der Waals surface area contributed by atoms with Gasteiger partial charge in [0, 0.05) is 23.6 Å². The standard InChI is InChI=1S/C25H22ClNO5S/c1-2-32-24-21(26)14-13-20(17-8-4-3-5-9-17)25(24)33(30,31)27-16-18(12-15-23(28)29)19-10-6-7-11-22(19)27/h3-11,13-14,16H,2,12,15H2,1H3,(H,28,29). The lowest BCUT2D eigenvalue weighted by atomic mass is 10.1. The van der Waals surface area contributed by atoms with Gasteiger partial charge in [-0.3, -0.25) is 4.79 Å². The summed E-state index contributed by atoms with van der Waals surface area (Å²) in [4.78, 5) is 11.1. The number of nitrogens with zero attached hydrogens (tertiary/aromatic N) is 1. The molecule has 0 unspecified atom stereocenters. The number of hydrogen-bond acceptors (Lipinski definition) is 4. The van der Waals surface area contributed by atoms with Gasteiger partial charge in [0.05, 0.1) is 17.1 Å². The van der Waals surface area contributed by atoms with Gasteiger partial charge in [-0.25, -0.2) is 12.4 Å². The van der Waals surface area contributed by atoms with Crippen LogP contribution in [0.5, 0.6) is 5.75 Å². The third-order valence-corrected chi connectivity index (χ3v) is 7.36. The first kappa shape index (κ1) is 22.9. The van der Waals surface area contributed by atoms with Crippen LogP contribution in [0.2, 0.25) is 5.02 Å². The number of hydrogen-bond donors (Lipinski definition) is 1. The van der Waals surface area contributed by atoms with Crippen LogP contribution in [0.25, 0.3) is 22.0 Å². The van der Waals surface area contributed by atoms with Crippen molar-refractivity contribution >= 4 is 38.5 Å². The first-order valence-electron chi connectivity index (χ1n) is 10.4. The molecule has 1 aromatic heterocycles. The molecule has 0 amide bonds. The second-order valence-electron chi connectivity index (χ2n) is 7.42. The number of aromatic nitrogens is 1. The number of fused-ring (bicyclic) bond motifs is 1. The number of rotatable bonds is 8. The molecular weight excluding hydrogens is 462 g/mol. The van der Waals surface area contributed by atoms with E-state index < -0.39 is 16.0 Å². The van der Waals surface area contributed by atoms with Gasteiger partial charge in [-0.1, -0.05) is 66.2 Å². The molecule has 0 atom stereocenters. The van der Waals surface area contributed by atoms with Gasteiger partial charge in [0.25, 0.3) is 10.0 Å². The zero-order valence-corrected chi connectivity index (χ0v) is 19.4. The van der Waals surface area contributed by atoms with Crippen LogP contribution in [0.1, 0.15) is 18.9 Å². The number of benzene rings is 3. The summed E-state index contributed by atoms with van der Waals surface area (Å²) in [6.07, 6.45) is 1.59. The molecule has 0 saturated heterocycles. The molecule has 4 aromatic rings. The average Bonchev–Trinajstić information content (AvgIpc) is 3.19. The normalized spacial score (nSPS) is 11.6. The molecule has 0 aliphatic heterocycles. The quantitative estimate of drug-likeness (QED) is 0.352. The van der Waals surface area contributed by atoms with E-state index >= 15 is 0 Å². The molecule has 33 heavy (non-hydrogen) atoms. The summed E-state index contributed by atoms with van der Waals surface area (Å²) in [5, 5.41) is 10.00. The number of para-hydroxylation sites is 1. The van der Waals surface area contributed by atoms with Crippen LogP contribution in [0, 0.1) is 0 Å². The number of carbonyl (C=O) groups is 1. The number of aryl methyl sites for hydroxylation is 1. The van der Waals surface area contributed by atoms with Crippen LogP contribution in [0.4, 0.5) is 0 Å². The van der Waals surface area contributed by atoms with Crippen LogP contribution in [0.15, 0.2) is 77.8 Å². The second-order valence-corrected chi connectivity index (χ2v) is 9.58. The number of carboxylic acids is 1. The minimum Gasteiger partial charge on any atom is -0.491 e. The van der Waals surface area contributed by atoms with Gasteiger partial charge < -0.3 is 9.84 Å². The largest absolute Gasteiger partial charge is 0.491 e. The lowest BCUT2D eigenvalue weighted by Gasteiger charge is -2.18. The average molecular weight is 484 g/mol. The highest BCUT2D eigenvalue weighted by Gasteiger charge is 2.30. The van der Waals surface area contributed by atoms with Gasteiger partial charge in [-0.05, 0) is 36.6 Å². The van der Waals surface area contributed by atoms with Gasteiger partial charge in [-0.2, -0.15) is 0 Å². The predicted octanol–water partition coefficient (Wildman–Crippen LogP) is 5.61. The lowest BCUT2D eigenvalue weighted by Crippen LogP contribution is -2.15. The van der Waals surface area contributed by atoms with Gasteiger partial charge in [0.1, 0.15) is 4.90 Å². The molecule has 0 spiro atoms. The van der Waals surface area contributed by atoms with E-state index in [1.165, 1.54) is 10.2 Å². The predicted molar refractivity (Wildman–Crippen MR) is 129 cm³/mol. The highest BCUT2D eigenvalue weighted by molar-refractivity contribution is 7.90. The Bertz CT molecular complexity index is 1430. The van der Waals surface area contributed by atoms with Crippen molar-refractivity contribution in [3.63, 3.8) is 0 Å². The number of carboxylic acid groups (broad SMARTS) is 1. The SMILES string of the molecule is CCOc1c(Cl)ccc(-c2ccccc2)c1S(=O)(=O)n1cc(CCC(=O)O)c2ccccc21. The molecule has 170 valence electrons. The van der Waals surface area contributed by atoms with Gasteiger partial charge in [0.2, 0.25) is 0 Å². The Morgan fingerprint density at radius 2 is 1.73 bits per heavy atom. The van der Waals surface area contributed by atoms with Crippen molar-refractivity contribution in [3.8, 4) is 16.9 Å². The maximum absolute atomic E-state index is 14.1. The number of aliphatic carboxylic acids is 1. The molecule has 0 fully saturated rings. The van der Waals surface area contributed by atoms with Crippen molar-refractivity contribution < 1.29 is 23.1 Å². The van der Waals surface area contributed by atoms with E-state index in [-0.39, 0.29) is 35.1 Å². The Hall–Kier alpha value is -3.29. The number of halogens is 1. The molecule has 0 bridgehead atoms. The van der Waals surface area contributed by atoms with Crippen molar-refractivity contribution in [1.82, 2.24) is 3.97 Å². The maximum Gasteiger partial charge on any atom is 0.303 e. The van der Waals surface area contributed by atoms with Crippen molar-refractivity contribution in [1.29, 1.82) is 0 Å². The monoisotopic (exact) mass is 483 g/mol. The molecule has 1 heterocycles. The summed E-state index contributed by atoms with van der Waals surface area (Å²) < 4.78 is 35.2. The first-order chi connectivity index (χ1) is 15.8. The molecule has 6 nitrogen and oxygen atoms in total. The molecule has 0 saturated carbocycles. The van der Waals surface area contributed by atoms with Gasteiger partial charge >= 0.3 is 5.97 Å². The van der Waals surface area contributed by atoms with Crippen LogP contribution >= 0.6 is 11.6 Å². The lowest BCUT2D eigenvalue weighted by molar-refractivity contribution is -0.136. The van der Waals surface area contributed by atoms with E-state index in [0.29, 0.717) is 27.6 Å². The van der Waals surface area contributed by atoms with Crippen molar-refractivity contribution in [2.45, 2.75) is 24.7 Å². The summed E-state index contributed by atoms with van der Waals surface area (Å²) in [5.41, 5.74) is 2.27. The fraction of sp³-hybridized carbons (Fsp3) is 0.160. The Morgan fingerprint density at radius 3 is 2.42 bits per heavy atom. The highest BCUT2D eigenvalue weighted by Crippen LogP contribution is 2.42. The Morgan fingerprint density at radius 1 is 1.03 bits per heavy atom. The third kappa shape index (κ3) is 4.34. The molecule has 0 aliphatic carbocycles. The van der Waals surface area contributed by atoms with Crippen LogP contribution in [-0.2, 0) is 21.2 Å². The van der Waals surface area contributed by atoms with Crippen LogP contribution in [-0.4, -0.2) is 30.1 Å². The van der Waals surface area contributed by atoms with Crippen molar-refractivity contribution in [3.05, 3.63) is 83.5 Å². The van der Waals surface area contributed by atoms with Crippen LogP contribution in [0.3, 0.4) is 0 Å². The molecular formula is C25H22ClNO5S. The fourth-order valence-electron chi connectivity index (χ4n) is 3.87. The number of ether oxygens (including phenoxy) is 1. The molecule has 0 radical (unpaired) electrons. The zero-order chi connectivity index (χ0) is 23.6. The summed E-state index contributed by atoms with van der Waals surface area (Å²) in [6, 6.07) is 19.5. The summed E-state index contributed by atoms with van der Waals surface area (Å²) >= 11 is 6.41. The summed E-state index contributed by atoms with van der Waals surface area (Å²) in [5.74, 6) is -0.861. The van der Waals surface area contributed by atoms with Gasteiger partial charge in [-0.15, -0.1) is 0 Å². The molecule has 4 rings (SSSR count). The molecule has 1 N–H and O–H groups in total. The fourth-order valence-corrected chi connectivity index (χ4v) is 5.89. The maximum atomic E-state index is 14.1. The molecule has 0 aliphatic rings. The van der Waals surface area contributed by atoms with E-state index in [1.54, 1.807) is 43.3 Å². The highest BCUT2D eigenvalue weighted by atomic mass is 35.5. The second kappa shape index (κ2) is 9.29. The van der Waals surface area contributed by atoms with E-state index in [9.17, 15) is 13.2 Å². The Labute approximate surface area is 197 Å². The minimum atomic E-state index is -4.18. The molecule has 8 heteroatoms. The van der Waals surface area contributed by atoms with Crippen LogP contribution < -0.4 is 4.74 Å². The van der Waals surface area contributed by atoms with E-state index in [1.807, 2.05) is 30.3 Å².